The van der Waals surface area contributed by atoms with E-state index in [4.69, 9.17) is 0 Å². The molecule has 0 aromatic rings. The first-order chi connectivity index (χ1) is 2.27. The molecule has 0 bridgehead atoms. The molecule has 0 rings (SSSR count). The molecule has 0 heterocycles. The van der Waals surface area contributed by atoms with Crippen LogP contribution in [0.15, 0.2) is 0 Å². The van der Waals surface area contributed by atoms with Gasteiger partial charge < -0.3 is 0 Å². The van der Waals surface area contributed by atoms with E-state index in [0.29, 0.717) is 0 Å². The van der Waals surface area contributed by atoms with Crippen molar-refractivity contribution in [3.63, 3.8) is 0 Å². The number of hydrogen-bond donors (Lipinski definition) is 0. The molecule has 26 valence electrons. The van der Waals surface area contributed by atoms with E-state index >= 15 is 0 Å². The third kappa shape index (κ3) is 4.51. The fourth-order valence-corrected chi connectivity index (χ4v) is 0. The van der Waals surface area contributed by atoms with E-state index in [2.05, 4.69) is 9.76 Å². The number of halogens is 2. The summed E-state index contributed by atoms with van der Waals surface area (Å²) in [6.07, 6.45) is 0. The molecule has 6 radical (unpaired) electrons. The molecule has 0 aliphatic carbocycles. The molecule has 0 atom stereocenters. The van der Waals surface area contributed by atoms with Crippen LogP contribution < -0.4 is 0 Å². The summed E-state index contributed by atoms with van der Waals surface area (Å²) in [6.45, 7) is 0. The van der Waals surface area contributed by atoms with Gasteiger partial charge in [0.2, 0.25) is 0 Å². The Labute approximate surface area is 36.4 Å². The molecule has 0 spiro atoms. The molecule has 0 saturated carbocycles. The second-order valence-electron chi connectivity index (χ2n) is 0.385. The Kier molecular flexibility index (Phi) is 3.01. The molecule has 5 heavy (non-hydrogen) atoms. The van der Waals surface area contributed by atoms with Gasteiger partial charge in [-0.1, -0.05) is 0 Å². The van der Waals surface area contributed by atoms with Gasteiger partial charge in [-0.05, 0) is 0 Å². The van der Waals surface area contributed by atoms with Gasteiger partial charge in [0.25, 0.3) is 0 Å². The van der Waals surface area contributed by atoms with Crippen LogP contribution in [-0.2, 0) is 0 Å². The fraction of sp³-hybridized carbons (Fsp3) is 0. The predicted molar refractivity (Wildman–Crippen MR) is 19.5 cm³/mol. The molecule has 0 unspecified atom stereocenters. The van der Waals surface area contributed by atoms with Crippen LogP contribution in [0.2, 0.25) is 0 Å². The Balaban J connectivity index is 2.54. The van der Waals surface area contributed by atoms with Crippen LogP contribution in [0, 0.1) is 0 Å². The number of rotatable bonds is 1. The predicted octanol–water partition coefficient (Wildman–Crippen LogP) is -0.302. The SMILES string of the molecule is F[Si](F)[Si][Si]. The van der Waals surface area contributed by atoms with E-state index in [1.807, 2.05) is 0 Å². The Hall–Kier alpha value is 0.511. The van der Waals surface area contributed by atoms with E-state index in [9.17, 15) is 8.22 Å². The molecule has 0 aliphatic heterocycles. The van der Waals surface area contributed by atoms with Gasteiger partial charge in [-0.15, -0.1) is 0 Å². The smallest absolute Gasteiger partial charge is 0.274 e. The summed E-state index contributed by atoms with van der Waals surface area (Å²) in [5, 5.41) is 0. The molecule has 0 nitrogen and oxygen atoms in total. The van der Waals surface area contributed by atoms with E-state index in [0.717, 1.165) is 0 Å². The van der Waals surface area contributed by atoms with Crippen LogP contribution in [0.1, 0.15) is 0 Å². The lowest BCUT2D eigenvalue weighted by Crippen LogP contribution is -2.08. The summed E-state index contributed by atoms with van der Waals surface area (Å²) in [5.74, 6) is 0. The molecule has 0 N–H and O–H groups in total. The first kappa shape index (κ1) is 5.51. The fourth-order valence-electron chi connectivity index (χ4n) is 0. The van der Waals surface area contributed by atoms with Crippen molar-refractivity contribution in [2.45, 2.75) is 0 Å². The van der Waals surface area contributed by atoms with Gasteiger partial charge in [-0.25, -0.2) is 0 Å². The zero-order valence-electron chi connectivity index (χ0n) is 2.26. The number of hydrogen-bond acceptors (Lipinski definition) is 0. The Bertz CT molecular complexity index is 18.9. The summed E-state index contributed by atoms with van der Waals surface area (Å²) in [4.78, 5) is 0. The Morgan fingerprint density at radius 3 is 1.80 bits per heavy atom. The van der Waals surface area contributed by atoms with Crippen LogP contribution in [0.25, 0.3) is 0 Å². The lowest BCUT2D eigenvalue weighted by atomic mass is 18.8. The normalized spacial score (nSPS) is 9.60. The van der Waals surface area contributed by atoms with E-state index in [-0.39, 0.29) is 8.55 Å². The summed E-state index contributed by atoms with van der Waals surface area (Å²) in [5.41, 5.74) is 0. The van der Waals surface area contributed by atoms with Crippen LogP contribution >= 0.6 is 0 Å². The lowest BCUT2D eigenvalue weighted by Gasteiger charge is -1.73. The molecule has 0 aromatic carbocycles. The third-order valence-electron chi connectivity index (χ3n) is 0.0945. The van der Waals surface area contributed by atoms with Gasteiger partial charge >= 0.3 is 8.98 Å². The molecule has 5 heteroatoms. The minimum absolute atomic E-state index is 0.312. The van der Waals surface area contributed by atoms with Crippen LogP contribution in [0.4, 0.5) is 8.22 Å². The topological polar surface area (TPSA) is 0 Å². The molecule has 0 aliphatic rings. The second-order valence-corrected chi connectivity index (χ2v) is 5.29. The molecule has 0 saturated heterocycles. The van der Waals surface area contributed by atoms with Gasteiger partial charge in [-0.2, -0.15) is 0 Å². The zero-order chi connectivity index (χ0) is 4.28. The van der Waals surface area contributed by atoms with Crippen LogP contribution in [0.3, 0.4) is 0 Å². The maximum absolute atomic E-state index is 10.8. The molecular weight excluding hydrogens is 122 g/mol. The highest BCUT2D eigenvalue weighted by Gasteiger charge is 2.02. The largest absolute Gasteiger partial charge is 0.443 e. The summed E-state index contributed by atoms with van der Waals surface area (Å²) < 4.78 is 21.7. The van der Waals surface area contributed by atoms with Crippen molar-refractivity contribution in [2.24, 2.45) is 0 Å². The monoisotopic (exact) mass is 122 g/mol. The summed E-state index contributed by atoms with van der Waals surface area (Å²) in [7, 11) is -0.566. The van der Waals surface area contributed by atoms with Crippen molar-refractivity contribution in [1.82, 2.24) is 0 Å². The highest BCUT2D eigenvalue weighted by molar-refractivity contribution is 7.26. The van der Waals surface area contributed by atoms with Crippen molar-refractivity contribution in [2.75, 3.05) is 0 Å². The standard InChI is InChI=1S/F2Si3/c1-5(2)4-3. The van der Waals surface area contributed by atoms with Crippen molar-refractivity contribution in [3.05, 3.63) is 0 Å². The van der Waals surface area contributed by atoms with Crippen LogP contribution in [-0.4, -0.2) is 27.3 Å². The van der Waals surface area contributed by atoms with Gasteiger partial charge in [0, 0.05) is 9.76 Å². The van der Waals surface area contributed by atoms with Crippen LogP contribution in [0.5, 0.6) is 0 Å². The third-order valence-corrected chi connectivity index (χ3v) is 2.55. The van der Waals surface area contributed by atoms with Gasteiger partial charge in [0.05, 0.1) is 8.55 Å². The van der Waals surface area contributed by atoms with Gasteiger partial charge in [0.1, 0.15) is 0 Å². The molecule has 0 amide bonds. The van der Waals surface area contributed by atoms with Crippen molar-refractivity contribution < 1.29 is 8.22 Å². The Morgan fingerprint density at radius 1 is 1.60 bits per heavy atom. The maximum Gasteiger partial charge on any atom is 0.443 e. The lowest BCUT2D eigenvalue weighted by molar-refractivity contribution is 0.697. The molecule has 0 aromatic heterocycles. The Morgan fingerprint density at radius 2 is 1.80 bits per heavy atom. The highest BCUT2D eigenvalue weighted by atomic mass is 29.6. The van der Waals surface area contributed by atoms with E-state index in [1.54, 1.807) is 0 Å². The van der Waals surface area contributed by atoms with Gasteiger partial charge in [0.15, 0.2) is 0 Å². The first-order valence-corrected chi connectivity index (χ1v) is 5.63. The van der Waals surface area contributed by atoms with E-state index in [1.165, 1.54) is 0 Å². The van der Waals surface area contributed by atoms with Crippen molar-refractivity contribution in [1.29, 1.82) is 0 Å². The second kappa shape index (κ2) is 2.73. The minimum atomic E-state index is -2.93. The van der Waals surface area contributed by atoms with Crippen molar-refractivity contribution in [3.8, 4) is 0 Å². The maximum atomic E-state index is 10.8. The highest BCUT2D eigenvalue weighted by Crippen LogP contribution is 1.74. The first-order valence-electron chi connectivity index (χ1n) is 0.878. The quantitative estimate of drug-likeness (QED) is 0.331. The average Bonchev–Trinajstić information content (AvgIpc) is 1.38. The zero-order valence-corrected chi connectivity index (χ0v) is 5.26. The van der Waals surface area contributed by atoms with Crippen molar-refractivity contribution >= 4 is 27.3 Å². The summed E-state index contributed by atoms with van der Waals surface area (Å²) >= 11 is 0. The van der Waals surface area contributed by atoms with E-state index < -0.39 is 8.98 Å². The summed E-state index contributed by atoms with van der Waals surface area (Å²) in [6, 6.07) is 0. The van der Waals surface area contributed by atoms with Gasteiger partial charge in [-0.3, -0.25) is 8.22 Å². The average molecular weight is 122 g/mol. The molecule has 0 fully saturated rings. The molecular formula is F2Si3. The minimum Gasteiger partial charge on any atom is -0.274 e.